The molecule has 2 fully saturated rings. The van der Waals surface area contributed by atoms with Gasteiger partial charge >= 0.3 is 0 Å². The second kappa shape index (κ2) is 13.2. The molecule has 1 aromatic heterocycles. The summed E-state index contributed by atoms with van der Waals surface area (Å²) in [6.07, 6.45) is 0.331. The largest absolute Gasteiger partial charge is 0.389 e. The van der Waals surface area contributed by atoms with Crippen LogP contribution in [0.15, 0.2) is 22.4 Å². The molecule has 0 radical (unpaired) electrons. The summed E-state index contributed by atoms with van der Waals surface area (Å²) in [6.45, 7) is 6.51. The Morgan fingerprint density at radius 3 is 2.59 bits per heavy atom. The Kier molecular flexibility index (Phi) is 10.1. The van der Waals surface area contributed by atoms with E-state index in [0.717, 1.165) is 42.4 Å². The van der Waals surface area contributed by atoms with Crippen molar-refractivity contribution in [2.45, 2.75) is 68.9 Å². The summed E-state index contributed by atoms with van der Waals surface area (Å²) in [7, 11) is -3.88. The molecule has 14 heteroatoms. The first-order valence-electron chi connectivity index (χ1n) is 13.8. The van der Waals surface area contributed by atoms with Crippen molar-refractivity contribution in [1.29, 1.82) is 0 Å². The van der Waals surface area contributed by atoms with E-state index in [1.54, 1.807) is 18.7 Å². The maximum absolute atomic E-state index is 14.0. The molecule has 0 aliphatic carbocycles. The molecule has 1 aromatic carbocycles. The maximum Gasteiger partial charge on any atom is 0.254 e. The van der Waals surface area contributed by atoms with Crippen molar-refractivity contribution in [3.05, 3.63) is 46.1 Å². The van der Waals surface area contributed by atoms with Crippen LogP contribution in [0, 0.1) is 31.4 Å². The number of sulfonamides is 1. The Morgan fingerprint density at radius 2 is 1.95 bits per heavy atom. The standard InChI is InChI=1S/C27H37F2N5O5S2/c1-4-5-7-33-14-19(12-24(33)35)26(37)32-22(11-18-9-20(28)13-21(29)10-18)25(36)23-15-34(8-6-30-23)41(38,39)27-16(2)31-17(3)40-27/h9-10,13,19,22-23,25,30,36H,4-8,11-12,14-15H2,1-3H3,(H,32,37)/t19?,22?,23-,25+/m1/s1. The quantitative estimate of drug-likeness (QED) is 0.352. The van der Waals surface area contributed by atoms with E-state index in [1.807, 2.05) is 6.92 Å². The van der Waals surface area contributed by atoms with Gasteiger partial charge in [-0.15, -0.1) is 11.3 Å². The average Bonchev–Trinajstić information content (AvgIpc) is 3.46. The topological polar surface area (TPSA) is 132 Å². The Morgan fingerprint density at radius 1 is 1.24 bits per heavy atom. The molecule has 41 heavy (non-hydrogen) atoms. The van der Waals surface area contributed by atoms with Gasteiger partial charge < -0.3 is 20.6 Å². The molecule has 0 saturated carbocycles. The van der Waals surface area contributed by atoms with Crippen molar-refractivity contribution in [3.8, 4) is 0 Å². The number of amides is 2. The van der Waals surface area contributed by atoms with E-state index >= 15 is 0 Å². The molecule has 4 atom stereocenters. The van der Waals surface area contributed by atoms with Crippen LogP contribution >= 0.6 is 11.3 Å². The van der Waals surface area contributed by atoms with Gasteiger partial charge in [-0.25, -0.2) is 22.2 Å². The van der Waals surface area contributed by atoms with Crippen molar-refractivity contribution in [2.24, 2.45) is 5.92 Å². The van der Waals surface area contributed by atoms with Crippen molar-refractivity contribution in [2.75, 3.05) is 32.7 Å². The number of carbonyl (C=O) groups excluding carboxylic acids is 2. The van der Waals surface area contributed by atoms with Gasteiger partial charge in [-0.1, -0.05) is 13.3 Å². The Hall–Kier alpha value is -2.52. The second-order valence-corrected chi connectivity index (χ2v) is 14.0. The van der Waals surface area contributed by atoms with Crippen LogP contribution in [0.3, 0.4) is 0 Å². The highest BCUT2D eigenvalue weighted by molar-refractivity contribution is 7.91. The van der Waals surface area contributed by atoms with Crippen molar-refractivity contribution in [1.82, 2.24) is 24.8 Å². The fourth-order valence-corrected chi connectivity index (χ4v) is 8.49. The predicted molar refractivity (Wildman–Crippen MR) is 150 cm³/mol. The number of benzene rings is 1. The molecule has 3 N–H and O–H groups in total. The van der Waals surface area contributed by atoms with E-state index in [4.69, 9.17) is 0 Å². The van der Waals surface area contributed by atoms with Gasteiger partial charge in [0.1, 0.15) is 11.6 Å². The number of likely N-dealkylation sites (tertiary alicyclic amines) is 1. The molecular weight excluding hydrogens is 576 g/mol. The number of unbranched alkanes of at least 4 members (excludes halogenated alkanes) is 1. The minimum atomic E-state index is -3.88. The number of halogens is 2. The van der Waals surface area contributed by atoms with Gasteiger partial charge in [-0.2, -0.15) is 4.31 Å². The van der Waals surface area contributed by atoms with Gasteiger partial charge in [-0.05, 0) is 44.4 Å². The number of thiazole rings is 1. The van der Waals surface area contributed by atoms with Gasteiger partial charge in [0.15, 0.2) is 4.21 Å². The first-order valence-corrected chi connectivity index (χ1v) is 16.0. The maximum atomic E-state index is 14.0. The zero-order chi connectivity index (χ0) is 29.9. The average molecular weight is 614 g/mol. The predicted octanol–water partition coefficient (Wildman–Crippen LogP) is 1.74. The highest BCUT2D eigenvalue weighted by Gasteiger charge is 2.40. The van der Waals surface area contributed by atoms with E-state index in [0.29, 0.717) is 17.2 Å². The third-order valence-corrected chi connectivity index (χ3v) is 11.0. The van der Waals surface area contributed by atoms with Crippen LogP contribution in [0.4, 0.5) is 8.78 Å². The summed E-state index contributed by atoms with van der Waals surface area (Å²) in [4.78, 5) is 31.6. The van der Waals surface area contributed by atoms with E-state index in [1.165, 1.54) is 4.31 Å². The zero-order valence-corrected chi connectivity index (χ0v) is 25.0. The molecule has 2 aromatic rings. The third-order valence-electron chi connectivity index (χ3n) is 7.50. The summed E-state index contributed by atoms with van der Waals surface area (Å²) >= 11 is 1.08. The summed E-state index contributed by atoms with van der Waals surface area (Å²) < 4.78 is 56.2. The number of hydrogen-bond donors (Lipinski definition) is 3. The number of nitrogens with one attached hydrogen (secondary N) is 2. The minimum absolute atomic E-state index is 0.0360. The molecule has 10 nitrogen and oxygen atoms in total. The van der Waals surface area contributed by atoms with Gasteiger partial charge in [0.25, 0.3) is 10.0 Å². The lowest BCUT2D eigenvalue weighted by atomic mass is 9.94. The van der Waals surface area contributed by atoms with Crippen molar-refractivity contribution >= 4 is 33.2 Å². The number of aryl methyl sites for hydroxylation is 2. The molecule has 2 amide bonds. The first kappa shape index (κ1) is 31.4. The van der Waals surface area contributed by atoms with Crippen LogP contribution in [0.5, 0.6) is 0 Å². The molecule has 3 heterocycles. The number of nitrogens with zero attached hydrogens (tertiary/aromatic N) is 3. The number of hydrogen-bond acceptors (Lipinski definition) is 8. The Balaban J connectivity index is 1.53. The van der Waals surface area contributed by atoms with Crippen molar-refractivity contribution in [3.63, 3.8) is 0 Å². The molecule has 0 spiro atoms. The molecule has 2 aliphatic heterocycles. The fourth-order valence-electron chi connectivity index (χ4n) is 5.40. The zero-order valence-electron chi connectivity index (χ0n) is 23.4. The smallest absolute Gasteiger partial charge is 0.254 e. The van der Waals surface area contributed by atoms with Crippen LogP contribution < -0.4 is 10.6 Å². The minimum Gasteiger partial charge on any atom is -0.389 e. The van der Waals surface area contributed by atoms with Gasteiger partial charge in [0.05, 0.1) is 28.8 Å². The molecule has 2 aliphatic rings. The van der Waals surface area contributed by atoms with Crippen molar-refractivity contribution < 1.29 is 31.9 Å². The highest BCUT2D eigenvalue weighted by Crippen LogP contribution is 2.28. The monoisotopic (exact) mass is 613 g/mol. The first-order chi connectivity index (χ1) is 19.4. The number of piperazine rings is 1. The van der Waals surface area contributed by atoms with Crippen LogP contribution in [-0.4, -0.2) is 90.4 Å². The molecular formula is C27H37F2N5O5S2. The SMILES string of the molecule is CCCCN1CC(C(=O)NC(Cc2cc(F)cc(F)c2)[C@H](O)[C@H]2CN(S(=O)(=O)c3sc(C)nc3C)CCN2)CC1=O. The number of aliphatic hydroxyl groups excluding tert-OH is 1. The summed E-state index contributed by atoms with van der Waals surface area (Å²) in [5.41, 5.74) is 0.621. The van der Waals surface area contributed by atoms with E-state index in [2.05, 4.69) is 15.6 Å². The normalized spacial score (nSPS) is 21.7. The highest BCUT2D eigenvalue weighted by atomic mass is 32.2. The lowest BCUT2D eigenvalue weighted by molar-refractivity contribution is -0.129. The molecule has 2 unspecified atom stereocenters. The molecule has 2 saturated heterocycles. The fraction of sp³-hybridized carbons (Fsp3) is 0.593. The summed E-state index contributed by atoms with van der Waals surface area (Å²) in [5.74, 6) is -2.79. The van der Waals surface area contributed by atoms with Crippen LogP contribution in [0.2, 0.25) is 0 Å². The van der Waals surface area contributed by atoms with Crippen LogP contribution in [-0.2, 0) is 26.0 Å². The van der Waals surface area contributed by atoms with Crippen LogP contribution in [0.1, 0.15) is 42.5 Å². The number of rotatable bonds is 11. The third kappa shape index (κ3) is 7.47. The van der Waals surface area contributed by atoms with E-state index < -0.39 is 51.7 Å². The van der Waals surface area contributed by atoms with Gasteiger partial charge in [-0.3, -0.25) is 9.59 Å². The van der Waals surface area contributed by atoms with Crippen LogP contribution in [0.25, 0.3) is 0 Å². The van der Waals surface area contributed by atoms with E-state index in [-0.39, 0.29) is 54.7 Å². The lowest BCUT2D eigenvalue weighted by Crippen LogP contribution is -2.62. The number of aromatic nitrogens is 1. The molecule has 0 bridgehead atoms. The summed E-state index contributed by atoms with van der Waals surface area (Å²) in [5, 5.41) is 18.0. The van der Waals surface area contributed by atoms with Gasteiger partial charge in [0, 0.05) is 51.3 Å². The van der Waals surface area contributed by atoms with E-state index in [9.17, 15) is 31.9 Å². The lowest BCUT2D eigenvalue weighted by Gasteiger charge is -2.38. The summed E-state index contributed by atoms with van der Waals surface area (Å²) in [6, 6.07) is 1.18. The molecule has 226 valence electrons. The second-order valence-electron chi connectivity index (χ2n) is 10.7. The Labute approximate surface area is 243 Å². The Bertz CT molecular complexity index is 1350. The number of aliphatic hydroxyl groups is 1. The molecule has 4 rings (SSSR count). The number of carbonyl (C=O) groups is 2. The van der Waals surface area contributed by atoms with Gasteiger partial charge in [0.2, 0.25) is 11.8 Å².